The van der Waals surface area contributed by atoms with E-state index in [1.54, 1.807) is 18.2 Å². The fraction of sp³-hybridized carbons (Fsp3) is 0.412. The summed E-state index contributed by atoms with van der Waals surface area (Å²) in [6.45, 7) is 5.84. The number of phenolic OH excluding ortho intramolecular Hbond substituents is 1. The van der Waals surface area contributed by atoms with E-state index in [9.17, 15) is 24.6 Å². The molecule has 2 aromatic rings. The van der Waals surface area contributed by atoms with Crippen molar-refractivity contribution in [3.05, 3.63) is 74.5 Å². The molecule has 0 amide bonds. The van der Waals surface area contributed by atoms with Crippen molar-refractivity contribution in [1.82, 2.24) is 0 Å². The van der Waals surface area contributed by atoms with Crippen LogP contribution in [-0.2, 0) is 11.2 Å². The zero-order chi connectivity index (χ0) is 32.3. The minimum Gasteiger partial charge on any atom is -0.507 e. The molecule has 1 aliphatic rings. The van der Waals surface area contributed by atoms with Crippen molar-refractivity contribution in [2.24, 2.45) is 5.92 Å². The van der Waals surface area contributed by atoms with Crippen LogP contribution in [0.1, 0.15) is 75.2 Å². The summed E-state index contributed by atoms with van der Waals surface area (Å²) in [6.07, 6.45) is 14.1. The summed E-state index contributed by atoms with van der Waals surface area (Å²) in [6, 6.07) is 4.36. The number of Topliss-reactive ketones (excluding diaryl/α,β-unsaturated/α-hetero) is 1. The number of methoxy groups -OCH3 is 1. The minimum absolute atomic E-state index is 0.0140. The second-order valence-electron chi connectivity index (χ2n) is 10.6. The number of unbranched alkanes of at least 4 members (excludes halogenated alkanes) is 1. The average molecular weight is 625 g/mol. The molecule has 1 aliphatic carbocycles. The van der Waals surface area contributed by atoms with E-state index >= 15 is 0 Å². The van der Waals surface area contributed by atoms with Crippen molar-refractivity contribution in [3.8, 4) is 17.4 Å². The number of allylic oxidation sites excluding steroid dienone is 2. The third kappa shape index (κ3) is 8.76. The van der Waals surface area contributed by atoms with Crippen LogP contribution in [0.15, 0.2) is 51.7 Å². The molecule has 0 saturated heterocycles. The summed E-state index contributed by atoms with van der Waals surface area (Å²) in [5.74, 6) is -0.547. The van der Waals surface area contributed by atoms with Crippen LogP contribution in [0.3, 0.4) is 0 Å². The molecule has 236 valence electrons. The van der Waals surface area contributed by atoms with Crippen molar-refractivity contribution in [1.29, 1.82) is 0 Å². The molecule has 0 aliphatic heterocycles. The first-order valence-electron chi connectivity index (χ1n) is 14.7. The fourth-order valence-electron chi connectivity index (χ4n) is 4.99. The number of rotatable bonds is 15. The van der Waals surface area contributed by atoms with Gasteiger partial charge in [-0.05, 0) is 50.8 Å². The Bertz CT molecular complexity index is 1600. The Morgan fingerprint density at radius 3 is 2.59 bits per heavy atom. The second-order valence-corrected chi connectivity index (χ2v) is 11.1. The second kappa shape index (κ2) is 16.2. The van der Waals surface area contributed by atoms with Gasteiger partial charge >= 0.3 is 6.16 Å². The van der Waals surface area contributed by atoms with Gasteiger partial charge in [0.2, 0.25) is 0 Å². The molecule has 0 bridgehead atoms. The lowest BCUT2D eigenvalue weighted by atomic mass is 9.77. The predicted octanol–water partition coefficient (Wildman–Crippen LogP) is 5.10. The Balaban J connectivity index is 1.68. The molecule has 1 aromatic carbocycles. The van der Waals surface area contributed by atoms with Crippen LogP contribution in [0, 0.1) is 5.92 Å². The van der Waals surface area contributed by atoms with Gasteiger partial charge in [-0.25, -0.2) is 4.79 Å². The summed E-state index contributed by atoms with van der Waals surface area (Å²) in [5.41, 5.74) is -0.574. The molecular formula is C34H40O9S. The quantitative estimate of drug-likeness (QED) is 0.0907. The highest BCUT2D eigenvalue weighted by molar-refractivity contribution is 7.81. The van der Waals surface area contributed by atoms with Crippen LogP contribution in [0.4, 0.5) is 4.79 Å². The first-order valence-corrected chi connectivity index (χ1v) is 15.1. The molecule has 44 heavy (non-hydrogen) atoms. The van der Waals surface area contributed by atoms with E-state index in [2.05, 4.69) is 4.74 Å². The van der Waals surface area contributed by atoms with Gasteiger partial charge in [-0.1, -0.05) is 75.7 Å². The Kier molecular flexibility index (Phi) is 12.7. The normalized spacial score (nSPS) is 15.8. The number of carbonyl (C=O) groups is 2. The fourth-order valence-corrected chi connectivity index (χ4v) is 5.39. The number of thiocarbonyl (C=S) groups is 1. The molecule has 2 atom stereocenters. The maximum Gasteiger partial charge on any atom is 0.516 e. The lowest BCUT2D eigenvalue weighted by Gasteiger charge is -2.34. The van der Waals surface area contributed by atoms with Crippen molar-refractivity contribution in [3.63, 3.8) is 0 Å². The van der Waals surface area contributed by atoms with Crippen LogP contribution in [0.5, 0.6) is 17.4 Å². The summed E-state index contributed by atoms with van der Waals surface area (Å²) >= 11 is 5.62. The average Bonchev–Trinajstić information content (AvgIpc) is 2.98. The van der Waals surface area contributed by atoms with Gasteiger partial charge in [0.05, 0.1) is 36.2 Å². The van der Waals surface area contributed by atoms with Crippen molar-refractivity contribution >= 4 is 41.2 Å². The SMILES string of the molecule is CCCC[C@@](O)(C/C=C/C=C\CCOc1ccc(C(C)=O)c(O)c1CCC)[C@@H]1C=c2c(=O)cc(OC(=O)OC)oc2=CC1=S. The number of carbonyl (C=O) groups excluding carboxylic acids is 2. The van der Waals surface area contributed by atoms with Crippen LogP contribution in [-0.4, -0.2) is 46.3 Å². The van der Waals surface area contributed by atoms with Crippen molar-refractivity contribution in [2.75, 3.05) is 13.7 Å². The third-order valence-electron chi connectivity index (χ3n) is 7.31. The highest BCUT2D eigenvalue weighted by atomic mass is 32.1. The maximum absolute atomic E-state index is 12.8. The largest absolute Gasteiger partial charge is 0.516 e. The molecule has 3 rings (SSSR count). The molecular weight excluding hydrogens is 584 g/mol. The Labute approximate surface area is 262 Å². The summed E-state index contributed by atoms with van der Waals surface area (Å²) < 4.78 is 20.7. The van der Waals surface area contributed by atoms with Gasteiger partial charge in [0, 0.05) is 16.3 Å². The maximum atomic E-state index is 12.8. The number of ketones is 1. The zero-order valence-corrected chi connectivity index (χ0v) is 26.4. The van der Waals surface area contributed by atoms with Gasteiger partial charge in [-0.15, -0.1) is 0 Å². The van der Waals surface area contributed by atoms with E-state index in [4.69, 9.17) is 26.1 Å². The lowest BCUT2D eigenvalue weighted by molar-refractivity contribution is 0.0191. The van der Waals surface area contributed by atoms with Crippen LogP contribution >= 0.6 is 12.2 Å². The summed E-state index contributed by atoms with van der Waals surface area (Å²) in [7, 11) is 1.14. The first-order chi connectivity index (χ1) is 21.0. The van der Waals surface area contributed by atoms with Gasteiger partial charge in [0.15, 0.2) is 11.2 Å². The first kappa shape index (κ1) is 34.5. The molecule has 0 saturated carbocycles. The monoisotopic (exact) mass is 624 g/mol. The third-order valence-corrected chi connectivity index (χ3v) is 7.68. The van der Waals surface area contributed by atoms with Crippen LogP contribution < -0.4 is 25.5 Å². The number of benzene rings is 1. The molecule has 0 radical (unpaired) electrons. The number of aliphatic hydroxyl groups is 1. The number of ether oxygens (including phenoxy) is 3. The molecule has 0 fully saturated rings. The van der Waals surface area contributed by atoms with E-state index in [1.807, 2.05) is 38.2 Å². The number of aromatic hydroxyl groups is 1. The molecule has 2 N–H and O–H groups in total. The lowest BCUT2D eigenvalue weighted by Crippen LogP contribution is -2.49. The van der Waals surface area contributed by atoms with Gasteiger partial charge in [0.1, 0.15) is 16.9 Å². The van der Waals surface area contributed by atoms with Crippen molar-refractivity contribution < 1.29 is 38.4 Å². The molecule has 9 nitrogen and oxygen atoms in total. The van der Waals surface area contributed by atoms with E-state index in [1.165, 1.54) is 13.0 Å². The van der Waals surface area contributed by atoms with E-state index < -0.39 is 23.1 Å². The van der Waals surface area contributed by atoms with Crippen molar-refractivity contribution in [2.45, 2.75) is 71.3 Å². The Hall–Kier alpha value is -4.02. The highest BCUT2D eigenvalue weighted by Crippen LogP contribution is 2.34. The molecule has 1 aromatic heterocycles. The van der Waals surface area contributed by atoms with E-state index in [-0.39, 0.29) is 28.1 Å². The molecule has 0 spiro atoms. The summed E-state index contributed by atoms with van der Waals surface area (Å²) in [4.78, 5) is 36.4. The van der Waals surface area contributed by atoms with Gasteiger partial charge in [0.25, 0.3) is 5.95 Å². The van der Waals surface area contributed by atoms with Gasteiger partial charge in [-0.3, -0.25) is 9.59 Å². The van der Waals surface area contributed by atoms with Crippen LogP contribution in [0.25, 0.3) is 12.2 Å². The number of phenols is 1. The van der Waals surface area contributed by atoms with Crippen LogP contribution in [0.2, 0.25) is 0 Å². The number of fused-ring (bicyclic) bond motifs is 1. The minimum atomic E-state index is -1.23. The van der Waals surface area contributed by atoms with Gasteiger partial charge in [-0.2, -0.15) is 0 Å². The predicted molar refractivity (Wildman–Crippen MR) is 172 cm³/mol. The Morgan fingerprint density at radius 2 is 1.91 bits per heavy atom. The molecule has 1 heterocycles. The number of hydrogen-bond donors (Lipinski definition) is 2. The smallest absolute Gasteiger partial charge is 0.507 e. The molecule has 10 heteroatoms. The molecule has 0 unspecified atom stereocenters. The zero-order valence-electron chi connectivity index (χ0n) is 25.6. The standard InChI is InChI=1S/C34H40O9S/c1-5-7-16-34(39,26-19-25-27(36)20-31(43-33(38)40-4)42-29(25)21-30(26)44)17-11-9-8-10-12-18-41-28-15-14-23(22(3)35)32(37)24(28)13-6-2/h8-11,14-15,19-21,26,37,39H,5-7,12-13,16-18H2,1-4H3/b10-8-,11-9+/t26-,34-/m1/s1. The summed E-state index contributed by atoms with van der Waals surface area (Å²) in [5, 5.41) is 22.5. The Morgan fingerprint density at radius 1 is 1.16 bits per heavy atom. The van der Waals surface area contributed by atoms with E-state index in [0.717, 1.165) is 32.4 Å². The number of hydrogen-bond acceptors (Lipinski definition) is 10. The highest BCUT2D eigenvalue weighted by Gasteiger charge is 2.37. The van der Waals surface area contributed by atoms with E-state index in [0.29, 0.717) is 54.0 Å². The topological polar surface area (TPSA) is 133 Å². The van der Waals surface area contributed by atoms with Gasteiger partial charge < -0.3 is 28.8 Å².